The minimum atomic E-state index is 0.602. The van der Waals surface area contributed by atoms with E-state index in [2.05, 4.69) is 104 Å². The van der Waals surface area contributed by atoms with Gasteiger partial charge in [-0.2, -0.15) is 23.5 Å². The van der Waals surface area contributed by atoms with Gasteiger partial charge in [0.25, 0.3) is 12.7 Å². The van der Waals surface area contributed by atoms with E-state index in [1.165, 1.54) is 0 Å². The summed E-state index contributed by atoms with van der Waals surface area (Å²) in [7, 11) is 0. The molecular weight excluding hydrogens is 466 g/mol. The Morgan fingerprint density at radius 2 is 0.921 bits per heavy atom. The Morgan fingerprint density at radius 3 is 1.37 bits per heavy atom. The quantitative estimate of drug-likeness (QED) is 0.280. The second-order valence-electron chi connectivity index (χ2n) is 9.21. The van der Waals surface area contributed by atoms with Crippen molar-refractivity contribution in [3.05, 3.63) is 146 Å². The molecule has 5 nitrogen and oxygen atoms in total. The number of nitrogens with zero attached hydrogens (tertiary/aromatic N) is 5. The van der Waals surface area contributed by atoms with Gasteiger partial charge in [0.1, 0.15) is 22.7 Å². The molecule has 0 atom stereocenters. The van der Waals surface area contributed by atoms with Gasteiger partial charge < -0.3 is 0 Å². The van der Waals surface area contributed by atoms with Crippen LogP contribution in [-0.2, 0) is 0 Å². The van der Waals surface area contributed by atoms with Crippen LogP contribution in [0.1, 0.15) is 5.56 Å². The van der Waals surface area contributed by atoms with Gasteiger partial charge in [0.05, 0.1) is 11.6 Å². The van der Waals surface area contributed by atoms with Crippen molar-refractivity contribution in [2.45, 2.75) is 0 Å². The fourth-order valence-corrected chi connectivity index (χ4v) is 5.16. The zero-order valence-corrected chi connectivity index (χ0v) is 20.5. The van der Waals surface area contributed by atoms with Crippen molar-refractivity contribution in [2.24, 2.45) is 0 Å². The second-order valence-corrected chi connectivity index (χ2v) is 9.21. The largest absolute Gasteiger partial charge is 0.255 e. The van der Waals surface area contributed by atoms with Crippen molar-refractivity contribution >= 4 is 22.1 Å². The summed E-state index contributed by atoms with van der Waals surface area (Å²) in [4.78, 5) is 0. The number of hydrogen-bond donors (Lipinski definition) is 0. The van der Waals surface area contributed by atoms with E-state index >= 15 is 0 Å². The number of nitriles is 1. The predicted octanol–water partition coefficient (Wildman–Crippen LogP) is 6.00. The summed E-state index contributed by atoms with van der Waals surface area (Å²) in [6.07, 6.45) is 4.19. The molecule has 0 unspecified atom stereocenters. The molecule has 2 heterocycles. The monoisotopic (exact) mass is 489 g/mol. The van der Waals surface area contributed by atoms with E-state index in [4.69, 9.17) is 0 Å². The fraction of sp³-hybridized carbons (Fsp3) is 0. The Balaban J connectivity index is 1.46. The Bertz CT molecular complexity index is 1840. The van der Waals surface area contributed by atoms with Gasteiger partial charge in [0, 0.05) is 18.2 Å². The van der Waals surface area contributed by atoms with Crippen LogP contribution in [0.15, 0.2) is 140 Å². The second kappa shape index (κ2) is 8.88. The van der Waals surface area contributed by atoms with E-state index in [1.54, 1.807) is 0 Å². The molecule has 7 aromatic rings. The van der Waals surface area contributed by atoms with E-state index in [-0.39, 0.29) is 0 Å². The lowest BCUT2D eigenvalue weighted by molar-refractivity contribution is -0.568. The Morgan fingerprint density at radius 1 is 0.500 bits per heavy atom. The van der Waals surface area contributed by atoms with Gasteiger partial charge in [-0.15, -0.1) is 0 Å². The van der Waals surface area contributed by atoms with E-state index in [9.17, 15) is 5.26 Å². The van der Waals surface area contributed by atoms with E-state index in [0.29, 0.717) is 5.56 Å². The molecule has 178 valence electrons. The number of hydrogen-bond acceptors (Lipinski definition) is 1. The third kappa shape index (κ3) is 3.56. The minimum absolute atomic E-state index is 0.602. The van der Waals surface area contributed by atoms with E-state index in [1.807, 2.05) is 60.7 Å². The average molecular weight is 490 g/mol. The molecule has 0 fully saturated rings. The van der Waals surface area contributed by atoms with Crippen LogP contribution < -0.4 is 9.13 Å². The molecule has 0 radical (unpaired) electrons. The normalized spacial score (nSPS) is 11.1. The summed E-state index contributed by atoms with van der Waals surface area (Å²) >= 11 is 0. The first kappa shape index (κ1) is 21.8. The molecule has 5 aromatic carbocycles. The van der Waals surface area contributed by atoms with Crippen LogP contribution in [0.2, 0.25) is 0 Å². The smallest absolute Gasteiger partial charge is 0.195 e. The summed E-state index contributed by atoms with van der Waals surface area (Å²) in [6, 6.07) is 45.7. The first-order valence-electron chi connectivity index (χ1n) is 12.5. The standard InChI is InChI=1S/C33H23N5/c34-22-25-19-28(37-23-35(26-11-3-1-4-12-26)30-15-7-9-17-32(30)37)21-29(20-25)38-24-36(27-13-5-2-6-14-27)31-16-8-10-18-33(31)38/h1-21,23-24H/q+2. The van der Waals surface area contributed by atoms with Crippen molar-refractivity contribution in [3.8, 4) is 28.8 Å². The summed E-state index contributed by atoms with van der Waals surface area (Å²) in [6.45, 7) is 0. The van der Waals surface area contributed by atoms with Crippen LogP contribution in [-0.4, -0.2) is 9.13 Å². The molecule has 7 rings (SSSR count). The number of para-hydroxylation sites is 6. The predicted molar refractivity (Wildman–Crippen MR) is 148 cm³/mol. The molecule has 2 aromatic heterocycles. The lowest BCUT2D eigenvalue weighted by atomic mass is 10.1. The van der Waals surface area contributed by atoms with Crippen LogP contribution in [0.5, 0.6) is 0 Å². The van der Waals surface area contributed by atoms with Gasteiger partial charge >= 0.3 is 0 Å². The van der Waals surface area contributed by atoms with Crippen molar-refractivity contribution < 1.29 is 9.13 Å². The Hall–Kier alpha value is -5.47. The van der Waals surface area contributed by atoms with Crippen LogP contribution in [0.4, 0.5) is 0 Å². The molecule has 0 saturated heterocycles. The number of aromatic nitrogens is 4. The molecule has 0 amide bonds. The summed E-state index contributed by atoms with van der Waals surface area (Å²) in [5.41, 5.74) is 8.93. The summed E-state index contributed by atoms with van der Waals surface area (Å²) < 4.78 is 8.68. The van der Waals surface area contributed by atoms with Crippen LogP contribution in [0.25, 0.3) is 44.8 Å². The molecule has 0 bridgehead atoms. The van der Waals surface area contributed by atoms with Gasteiger partial charge in [-0.25, -0.2) is 0 Å². The van der Waals surface area contributed by atoms with Crippen molar-refractivity contribution in [3.63, 3.8) is 0 Å². The highest BCUT2D eigenvalue weighted by atomic mass is 15.2. The lowest BCUT2D eigenvalue weighted by Gasteiger charge is -2.03. The van der Waals surface area contributed by atoms with Crippen LogP contribution >= 0.6 is 0 Å². The zero-order chi connectivity index (χ0) is 25.5. The highest BCUT2D eigenvalue weighted by Crippen LogP contribution is 2.25. The molecule has 38 heavy (non-hydrogen) atoms. The Labute approximate surface area is 219 Å². The molecular formula is C33H23N5+2. The van der Waals surface area contributed by atoms with Gasteiger partial charge in [-0.3, -0.25) is 0 Å². The average Bonchev–Trinajstić information content (AvgIpc) is 3.58. The zero-order valence-electron chi connectivity index (χ0n) is 20.5. The number of fused-ring (bicyclic) bond motifs is 2. The van der Waals surface area contributed by atoms with Crippen LogP contribution in [0.3, 0.4) is 0 Å². The van der Waals surface area contributed by atoms with Crippen molar-refractivity contribution in [2.75, 3.05) is 0 Å². The lowest BCUT2D eigenvalue weighted by Crippen LogP contribution is -2.28. The number of imidazole rings is 2. The maximum Gasteiger partial charge on any atom is 0.255 e. The summed E-state index contributed by atoms with van der Waals surface area (Å²) in [5, 5.41) is 9.99. The molecule has 0 aliphatic rings. The molecule has 0 aliphatic heterocycles. The number of benzene rings is 5. The molecule has 5 heteroatoms. The molecule has 0 saturated carbocycles. The third-order valence-electron chi connectivity index (χ3n) is 6.92. The molecule has 0 N–H and O–H groups in total. The highest BCUT2D eigenvalue weighted by molar-refractivity contribution is 5.77. The minimum Gasteiger partial charge on any atom is -0.195 e. The van der Waals surface area contributed by atoms with Gasteiger partial charge in [0.15, 0.2) is 22.1 Å². The SMILES string of the molecule is N#Cc1cc(-n2c[n+](-c3ccccc3)c3ccccc32)cc(-n2c[n+](-c3ccccc3)c3ccccc32)c1. The molecule has 0 spiro atoms. The maximum atomic E-state index is 9.99. The first-order valence-corrected chi connectivity index (χ1v) is 12.5. The maximum absolute atomic E-state index is 9.99. The summed E-state index contributed by atoms with van der Waals surface area (Å²) in [5.74, 6) is 0. The highest BCUT2D eigenvalue weighted by Gasteiger charge is 2.23. The van der Waals surface area contributed by atoms with E-state index in [0.717, 1.165) is 44.8 Å². The number of rotatable bonds is 4. The van der Waals surface area contributed by atoms with Gasteiger partial charge in [0.2, 0.25) is 0 Å². The van der Waals surface area contributed by atoms with E-state index < -0.39 is 0 Å². The van der Waals surface area contributed by atoms with Gasteiger partial charge in [-0.1, -0.05) is 60.7 Å². The van der Waals surface area contributed by atoms with Crippen molar-refractivity contribution in [1.29, 1.82) is 5.26 Å². The molecule has 0 aliphatic carbocycles. The topological polar surface area (TPSA) is 41.4 Å². The Kier molecular flexibility index (Phi) is 5.09. The van der Waals surface area contributed by atoms with Crippen LogP contribution in [0, 0.1) is 11.3 Å². The first-order chi connectivity index (χ1) is 18.8. The van der Waals surface area contributed by atoms with Gasteiger partial charge in [-0.05, 0) is 48.5 Å². The third-order valence-corrected chi connectivity index (χ3v) is 6.92. The van der Waals surface area contributed by atoms with Crippen molar-refractivity contribution in [1.82, 2.24) is 9.13 Å². The fourth-order valence-electron chi connectivity index (χ4n) is 5.16.